The summed E-state index contributed by atoms with van der Waals surface area (Å²) in [5.74, 6) is 1.41. The van der Waals surface area contributed by atoms with E-state index in [2.05, 4.69) is 45.9 Å². The van der Waals surface area contributed by atoms with Gasteiger partial charge >= 0.3 is 0 Å². The summed E-state index contributed by atoms with van der Waals surface area (Å²) in [6.45, 7) is 9.47. The molecule has 0 aliphatic carbocycles. The Kier molecular flexibility index (Phi) is 2.70. The predicted octanol–water partition coefficient (Wildman–Crippen LogP) is 3.01. The van der Waals surface area contributed by atoms with Crippen molar-refractivity contribution < 1.29 is 4.74 Å². The molecule has 0 radical (unpaired) electrons. The number of hydrogen-bond donors (Lipinski definition) is 1. The molecule has 2 unspecified atom stereocenters. The molecular formula is C14H21NO. The summed E-state index contributed by atoms with van der Waals surface area (Å²) < 4.78 is 5.88. The molecular weight excluding hydrogens is 198 g/mol. The van der Waals surface area contributed by atoms with Crippen molar-refractivity contribution in [2.75, 3.05) is 6.61 Å². The summed E-state index contributed by atoms with van der Waals surface area (Å²) in [4.78, 5) is 0. The molecule has 0 saturated carbocycles. The molecule has 88 valence electrons. The molecule has 0 saturated heterocycles. The standard InChI is InChI=1S/C14H21NO/c1-9-8-16-13-10(12(9)15)6-5-7-11(13)14(2,3)4/h5-7,9,12H,8,15H2,1-4H3. The van der Waals surface area contributed by atoms with Crippen LogP contribution in [0.25, 0.3) is 0 Å². The van der Waals surface area contributed by atoms with Gasteiger partial charge in [0.2, 0.25) is 0 Å². The Morgan fingerprint density at radius 3 is 2.62 bits per heavy atom. The highest BCUT2D eigenvalue weighted by Gasteiger charge is 2.29. The Bertz CT molecular complexity index is 392. The highest BCUT2D eigenvalue weighted by molar-refractivity contribution is 5.47. The molecule has 2 atom stereocenters. The molecule has 2 nitrogen and oxygen atoms in total. The van der Waals surface area contributed by atoms with Gasteiger partial charge in [-0.1, -0.05) is 45.9 Å². The topological polar surface area (TPSA) is 35.2 Å². The molecule has 0 bridgehead atoms. The number of benzene rings is 1. The summed E-state index contributed by atoms with van der Waals surface area (Å²) in [6, 6.07) is 6.42. The van der Waals surface area contributed by atoms with Gasteiger partial charge in [0.05, 0.1) is 6.61 Å². The Labute approximate surface area is 97.8 Å². The Balaban J connectivity index is 2.53. The minimum atomic E-state index is 0.103. The van der Waals surface area contributed by atoms with Crippen molar-refractivity contribution in [3.05, 3.63) is 29.3 Å². The average molecular weight is 219 g/mol. The lowest BCUT2D eigenvalue weighted by atomic mass is 9.82. The van der Waals surface area contributed by atoms with Gasteiger partial charge in [-0.05, 0) is 11.0 Å². The SMILES string of the molecule is CC1COc2c(cccc2C(C)(C)C)C1N. The Hall–Kier alpha value is -1.02. The molecule has 16 heavy (non-hydrogen) atoms. The van der Waals surface area contributed by atoms with Crippen LogP contribution in [0.5, 0.6) is 5.75 Å². The first-order valence-corrected chi connectivity index (χ1v) is 5.93. The fourth-order valence-corrected chi connectivity index (χ4v) is 2.19. The molecule has 1 heterocycles. The third kappa shape index (κ3) is 1.82. The zero-order valence-electron chi connectivity index (χ0n) is 10.6. The van der Waals surface area contributed by atoms with Crippen molar-refractivity contribution in [2.24, 2.45) is 11.7 Å². The number of rotatable bonds is 0. The van der Waals surface area contributed by atoms with Gasteiger partial charge < -0.3 is 10.5 Å². The average Bonchev–Trinajstić information content (AvgIpc) is 2.21. The van der Waals surface area contributed by atoms with Gasteiger partial charge in [0.15, 0.2) is 0 Å². The number of hydrogen-bond acceptors (Lipinski definition) is 2. The summed E-state index contributed by atoms with van der Waals surface area (Å²) in [6.07, 6.45) is 0. The summed E-state index contributed by atoms with van der Waals surface area (Å²) in [7, 11) is 0. The van der Waals surface area contributed by atoms with Crippen LogP contribution in [0.1, 0.15) is 44.9 Å². The second-order valence-electron chi connectivity index (χ2n) is 5.79. The van der Waals surface area contributed by atoms with E-state index in [-0.39, 0.29) is 11.5 Å². The fraction of sp³-hybridized carbons (Fsp3) is 0.571. The molecule has 2 N–H and O–H groups in total. The van der Waals surface area contributed by atoms with Gasteiger partial charge in [0.1, 0.15) is 5.75 Å². The van der Waals surface area contributed by atoms with Crippen LogP contribution in [0.15, 0.2) is 18.2 Å². The van der Waals surface area contributed by atoms with Crippen LogP contribution in [0.3, 0.4) is 0 Å². The zero-order valence-corrected chi connectivity index (χ0v) is 10.6. The van der Waals surface area contributed by atoms with Crippen molar-refractivity contribution >= 4 is 0 Å². The first-order valence-electron chi connectivity index (χ1n) is 5.93. The molecule has 1 aromatic rings. The number of fused-ring (bicyclic) bond motifs is 1. The lowest BCUT2D eigenvalue weighted by Gasteiger charge is -2.33. The van der Waals surface area contributed by atoms with Gasteiger partial charge in [0, 0.05) is 17.5 Å². The Morgan fingerprint density at radius 1 is 1.31 bits per heavy atom. The van der Waals surface area contributed by atoms with Crippen molar-refractivity contribution in [1.82, 2.24) is 0 Å². The van der Waals surface area contributed by atoms with E-state index in [0.29, 0.717) is 5.92 Å². The minimum Gasteiger partial charge on any atom is -0.493 e. The smallest absolute Gasteiger partial charge is 0.127 e. The summed E-state index contributed by atoms with van der Waals surface area (Å²) in [5.41, 5.74) is 8.74. The molecule has 1 aliphatic rings. The largest absolute Gasteiger partial charge is 0.493 e. The molecule has 2 rings (SSSR count). The molecule has 2 heteroatoms. The van der Waals surface area contributed by atoms with Crippen LogP contribution in [-0.2, 0) is 5.41 Å². The van der Waals surface area contributed by atoms with Gasteiger partial charge in [-0.15, -0.1) is 0 Å². The van der Waals surface area contributed by atoms with Crippen LogP contribution in [0, 0.1) is 5.92 Å². The van der Waals surface area contributed by atoms with Crippen LogP contribution in [0.4, 0.5) is 0 Å². The third-order valence-corrected chi connectivity index (χ3v) is 3.32. The third-order valence-electron chi connectivity index (χ3n) is 3.32. The first kappa shape index (κ1) is 11.5. The van der Waals surface area contributed by atoms with E-state index in [9.17, 15) is 0 Å². The maximum Gasteiger partial charge on any atom is 0.127 e. The summed E-state index contributed by atoms with van der Waals surface area (Å²) >= 11 is 0. The lowest BCUT2D eigenvalue weighted by molar-refractivity contribution is 0.202. The van der Waals surface area contributed by atoms with Crippen LogP contribution in [0.2, 0.25) is 0 Å². The lowest BCUT2D eigenvalue weighted by Crippen LogP contribution is -2.31. The quantitative estimate of drug-likeness (QED) is 0.728. The van der Waals surface area contributed by atoms with Gasteiger partial charge in [-0.3, -0.25) is 0 Å². The Morgan fingerprint density at radius 2 is 2.00 bits per heavy atom. The first-order chi connectivity index (χ1) is 7.41. The normalized spacial score (nSPS) is 24.8. The van der Waals surface area contributed by atoms with Gasteiger partial charge in [-0.2, -0.15) is 0 Å². The number of para-hydroxylation sites is 1. The van der Waals surface area contributed by atoms with E-state index in [0.717, 1.165) is 17.9 Å². The van der Waals surface area contributed by atoms with Gasteiger partial charge in [0.25, 0.3) is 0 Å². The second-order valence-corrected chi connectivity index (χ2v) is 5.79. The van der Waals surface area contributed by atoms with E-state index in [4.69, 9.17) is 10.5 Å². The molecule has 0 spiro atoms. The van der Waals surface area contributed by atoms with E-state index in [1.54, 1.807) is 0 Å². The fourth-order valence-electron chi connectivity index (χ4n) is 2.19. The highest BCUT2D eigenvalue weighted by atomic mass is 16.5. The molecule has 0 amide bonds. The van der Waals surface area contributed by atoms with Crippen molar-refractivity contribution in [3.8, 4) is 5.75 Å². The number of ether oxygens (including phenoxy) is 1. The van der Waals surface area contributed by atoms with E-state index in [1.165, 1.54) is 5.56 Å². The van der Waals surface area contributed by atoms with Gasteiger partial charge in [-0.25, -0.2) is 0 Å². The van der Waals surface area contributed by atoms with Crippen molar-refractivity contribution in [3.63, 3.8) is 0 Å². The van der Waals surface area contributed by atoms with Crippen molar-refractivity contribution in [2.45, 2.75) is 39.2 Å². The highest BCUT2D eigenvalue weighted by Crippen LogP contribution is 2.40. The van der Waals surface area contributed by atoms with Crippen LogP contribution < -0.4 is 10.5 Å². The van der Waals surface area contributed by atoms with E-state index < -0.39 is 0 Å². The van der Waals surface area contributed by atoms with Crippen LogP contribution >= 0.6 is 0 Å². The minimum absolute atomic E-state index is 0.103. The number of nitrogens with two attached hydrogens (primary N) is 1. The maximum absolute atomic E-state index is 6.22. The second kappa shape index (κ2) is 3.77. The van der Waals surface area contributed by atoms with E-state index >= 15 is 0 Å². The molecule has 0 aromatic heterocycles. The van der Waals surface area contributed by atoms with Crippen molar-refractivity contribution in [1.29, 1.82) is 0 Å². The molecule has 1 aromatic carbocycles. The molecule has 1 aliphatic heterocycles. The maximum atomic E-state index is 6.22. The monoisotopic (exact) mass is 219 g/mol. The molecule has 0 fully saturated rings. The van der Waals surface area contributed by atoms with Crippen LogP contribution in [-0.4, -0.2) is 6.61 Å². The predicted molar refractivity (Wildman–Crippen MR) is 66.7 cm³/mol. The summed E-state index contributed by atoms with van der Waals surface area (Å²) in [5, 5.41) is 0. The zero-order chi connectivity index (χ0) is 11.9. The van der Waals surface area contributed by atoms with E-state index in [1.807, 2.05) is 0 Å².